The van der Waals surface area contributed by atoms with E-state index < -0.39 is 39.4 Å². The fourth-order valence-corrected chi connectivity index (χ4v) is 4.12. The molecule has 2 N–H and O–H groups in total. The van der Waals surface area contributed by atoms with Crippen molar-refractivity contribution in [3.8, 4) is 0 Å². The first-order valence-corrected chi connectivity index (χ1v) is 8.72. The highest BCUT2D eigenvalue weighted by atomic mass is 32.2. The van der Waals surface area contributed by atoms with Crippen molar-refractivity contribution >= 4 is 15.9 Å². The summed E-state index contributed by atoms with van der Waals surface area (Å²) in [5.41, 5.74) is -0.518. The van der Waals surface area contributed by atoms with Crippen molar-refractivity contribution in [1.29, 1.82) is 0 Å². The molecule has 1 fully saturated rings. The van der Waals surface area contributed by atoms with Gasteiger partial charge in [-0.3, -0.25) is 4.79 Å². The summed E-state index contributed by atoms with van der Waals surface area (Å²) in [4.78, 5) is 12.3. The standard InChI is InChI=1S/C15H21FN2O4S/c1-15(2,3)17-14(20)13-8-11(19)9-18(13)23(21,22)12-6-4-10(16)5-7-12/h4-7,11,13,19H,8-9H2,1-3H3,(H,17,20)/t11-,13+/m1/s1. The molecule has 0 unspecified atom stereocenters. The van der Waals surface area contributed by atoms with E-state index in [1.54, 1.807) is 20.8 Å². The van der Waals surface area contributed by atoms with Crippen LogP contribution in [0.3, 0.4) is 0 Å². The molecule has 1 saturated heterocycles. The van der Waals surface area contributed by atoms with Crippen LogP contribution in [0.4, 0.5) is 4.39 Å². The summed E-state index contributed by atoms with van der Waals surface area (Å²) in [5.74, 6) is -1.01. The van der Waals surface area contributed by atoms with E-state index in [4.69, 9.17) is 0 Å². The SMILES string of the molecule is CC(C)(C)NC(=O)[C@@H]1C[C@@H](O)CN1S(=O)(=O)c1ccc(F)cc1. The predicted molar refractivity (Wildman–Crippen MR) is 82.6 cm³/mol. The number of halogens is 1. The lowest BCUT2D eigenvalue weighted by atomic mass is 10.1. The van der Waals surface area contributed by atoms with Gasteiger partial charge in [0.05, 0.1) is 11.0 Å². The first-order valence-electron chi connectivity index (χ1n) is 7.28. The maximum Gasteiger partial charge on any atom is 0.243 e. The minimum Gasteiger partial charge on any atom is -0.392 e. The molecule has 2 rings (SSSR count). The smallest absolute Gasteiger partial charge is 0.243 e. The van der Waals surface area contributed by atoms with Gasteiger partial charge in [0.25, 0.3) is 0 Å². The third-order valence-electron chi connectivity index (χ3n) is 3.45. The van der Waals surface area contributed by atoms with Crippen LogP contribution >= 0.6 is 0 Å². The molecule has 0 spiro atoms. The normalized spacial score (nSPS) is 23.0. The van der Waals surface area contributed by atoms with E-state index in [0.717, 1.165) is 28.6 Å². The Labute approximate surface area is 135 Å². The van der Waals surface area contributed by atoms with Crippen LogP contribution < -0.4 is 5.32 Å². The molecule has 8 heteroatoms. The summed E-state index contributed by atoms with van der Waals surface area (Å²) in [6.45, 7) is 5.20. The molecular formula is C15H21FN2O4S. The molecule has 1 aromatic carbocycles. The van der Waals surface area contributed by atoms with E-state index in [2.05, 4.69) is 5.32 Å². The van der Waals surface area contributed by atoms with Crippen molar-refractivity contribution in [3.05, 3.63) is 30.1 Å². The molecular weight excluding hydrogens is 323 g/mol. The van der Waals surface area contributed by atoms with Gasteiger partial charge in [-0.2, -0.15) is 4.31 Å². The van der Waals surface area contributed by atoms with Crippen LogP contribution in [0, 0.1) is 5.82 Å². The summed E-state index contributed by atoms with van der Waals surface area (Å²) >= 11 is 0. The zero-order valence-corrected chi connectivity index (χ0v) is 14.1. The van der Waals surface area contributed by atoms with Crippen molar-refractivity contribution < 1.29 is 22.7 Å². The fraction of sp³-hybridized carbons (Fsp3) is 0.533. The van der Waals surface area contributed by atoms with Gasteiger partial charge in [-0.15, -0.1) is 0 Å². The zero-order valence-electron chi connectivity index (χ0n) is 13.3. The number of carbonyl (C=O) groups excluding carboxylic acids is 1. The van der Waals surface area contributed by atoms with Gasteiger partial charge in [-0.05, 0) is 45.0 Å². The number of hydrogen-bond acceptors (Lipinski definition) is 4. The number of benzene rings is 1. The Morgan fingerprint density at radius 3 is 2.39 bits per heavy atom. The molecule has 0 radical (unpaired) electrons. The van der Waals surface area contributed by atoms with Crippen molar-refractivity contribution in [1.82, 2.24) is 9.62 Å². The topological polar surface area (TPSA) is 86.7 Å². The highest BCUT2D eigenvalue weighted by Crippen LogP contribution is 2.27. The highest BCUT2D eigenvalue weighted by Gasteiger charge is 2.44. The van der Waals surface area contributed by atoms with Gasteiger partial charge in [-0.25, -0.2) is 12.8 Å². The molecule has 0 saturated carbocycles. The first kappa shape index (κ1) is 17.8. The summed E-state index contributed by atoms with van der Waals surface area (Å²) in [6, 6.07) is 3.40. The Morgan fingerprint density at radius 1 is 1.30 bits per heavy atom. The molecule has 23 heavy (non-hydrogen) atoms. The monoisotopic (exact) mass is 344 g/mol. The number of β-amino-alcohol motifs (C(OH)–C–C–N with tert-alkyl or cyclic N) is 1. The lowest BCUT2D eigenvalue weighted by Gasteiger charge is -2.27. The molecule has 0 aliphatic carbocycles. The van der Waals surface area contributed by atoms with Gasteiger partial charge in [0.15, 0.2) is 0 Å². The third-order valence-corrected chi connectivity index (χ3v) is 5.34. The van der Waals surface area contributed by atoms with Crippen LogP contribution in [0.2, 0.25) is 0 Å². The minimum absolute atomic E-state index is 0.0301. The van der Waals surface area contributed by atoms with Crippen molar-refractivity contribution in [3.63, 3.8) is 0 Å². The Balaban J connectivity index is 2.31. The van der Waals surface area contributed by atoms with E-state index in [1.807, 2.05) is 0 Å². The van der Waals surface area contributed by atoms with Crippen molar-refractivity contribution in [2.24, 2.45) is 0 Å². The van der Waals surface area contributed by atoms with Crippen LogP contribution in [0.15, 0.2) is 29.2 Å². The predicted octanol–water partition coefficient (Wildman–Crippen LogP) is 0.864. The van der Waals surface area contributed by atoms with Crippen LogP contribution in [-0.2, 0) is 14.8 Å². The second-order valence-electron chi connectivity index (χ2n) is 6.67. The Hall–Kier alpha value is -1.51. The molecule has 1 aliphatic rings. The molecule has 6 nitrogen and oxygen atoms in total. The Kier molecular flexibility index (Phi) is 4.79. The molecule has 1 aromatic rings. The summed E-state index contributed by atoms with van der Waals surface area (Å²) in [6.07, 6.45) is -0.886. The maximum atomic E-state index is 13.0. The molecule has 2 atom stereocenters. The molecule has 1 aliphatic heterocycles. The number of nitrogens with one attached hydrogen (secondary N) is 1. The number of aliphatic hydroxyl groups is 1. The fourth-order valence-electron chi connectivity index (χ4n) is 2.48. The molecule has 0 aromatic heterocycles. The highest BCUT2D eigenvalue weighted by molar-refractivity contribution is 7.89. The van der Waals surface area contributed by atoms with E-state index >= 15 is 0 Å². The lowest BCUT2D eigenvalue weighted by Crippen LogP contribution is -2.51. The number of sulfonamides is 1. The van der Waals surface area contributed by atoms with E-state index in [1.165, 1.54) is 0 Å². The molecule has 1 amide bonds. The Morgan fingerprint density at radius 2 is 1.87 bits per heavy atom. The molecule has 1 heterocycles. The number of rotatable bonds is 3. The van der Waals surface area contributed by atoms with Gasteiger partial charge in [0.2, 0.25) is 15.9 Å². The number of amides is 1. The maximum absolute atomic E-state index is 13.0. The van der Waals surface area contributed by atoms with Gasteiger partial charge < -0.3 is 10.4 Å². The number of carbonyl (C=O) groups is 1. The number of hydrogen-bond donors (Lipinski definition) is 2. The molecule has 128 valence electrons. The second-order valence-corrected chi connectivity index (χ2v) is 8.56. The van der Waals surface area contributed by atoms with E-state index in [0.29, 0.717) is 0 Å². The average Bonchev–Trinajstić information content (AvgIpc) is 2.80. The third kappa shape index (κ3) is 4.07. The number of aliphatic hydroxyl groups excluding tert-OH is 1. The van der Waals surface area contributed by atoms with Crippen LogP contribution in [0.25, 0.3) is 0 Å². The van der Waals surface area contributed by atoms with E-state index in [-0.39, 0.29) is 17.9 Å². The van der Waals surface area contributed by atoms with Gasteiger partial charge in [0.1, 0.15) is 11.9 Å². The van der Waals surface area contributed by atoms with Crippen LogP contribution in [0.5, 0.6) is 0 Å². The Bertz CT molecular complexity index is 682. The zero-order chi connectivity index (χ0) is 17.4. The summed E-state index contributed by atoms with van der Waals surface area (Å²) in [5, 5.41) is 12.6. The van der Waals surface area contributed by atoms with E-state index in [9.17, 15) is 22.7 Å². The molecule has 0 bridgehead atoms. The van der Waals surface area contributed by atoms with Gasteiger partial charge in [-0.1, -0.05) is 0 Å². The lowest BCUT2D eigenvalue weighted by molar-refractivity contribution is -0.125. The minimum atomic E-state index is -3.99. The van der Waals surface area contributed by atoms with Gasteiger partial charge in [0, 0.05) is 18.5 Å². The first-order chi connectivity index (χ1) is 10.5. The van der Waals surface area contributed by atoms with Gasteiger partial charge >= 0.3 is 0 Å². The van der Waals surface area contributed by atoms with Crippen molar-refractivity contribution in [2.45, 2.75) is 49.8 Å². The summed E-state index contributed by atoms with van der Waals surface area (Å²) in [7, 11) is -3.99. The summed E-state index contributed by atoms with van der Waals surface area (Å²) < 4.78 is 39.3. The average molecular weight is 344 g/mol. The van der Waals surface area contributed by atoms with Crippen molar-refractivity contribution in [2.75, 3.05) is 6.54 Å². The van der Waals surface area contributed by atoms with Crippen LogP contribution in [0.1, 0.15) is 27.2 Å². The number of nitrogens with zero attached hydrogens (tertiary/aromatic N) is 1. The second kappa shape index (κ2) is 6.18. The quantitative estimate of drug-likeness (QED) is 0.852. The van der Waals surface area contributed by atoms with Crippen LogP contribution in [-0.4, -0.2) is 48.0 Å². The largest absolute Gasteiger partial charge is 0.392 e.